The van der Waals surface area contributed by atoms with Crippen LogP contribution in [0.1, 0.15) is 25.0 Å². The van der Waals surface area contributed by atoms with Crippen LogP contribution in [0.3, 0.4) is 0 Å². The molecule has 1 aliphatic carbocycles. The summed E-state index contributed by atoms with van der Waals surface area (Å²) in [6.07, 6.45) is 0. The smallest absolute Gasteiger partial charge is 0.0547 e. The van der Waals surface area contributed by atoms with E-state index in [1.54, 1.807) is 0 Å². The molecule has 0 N–H and O–H groups in total. The molecule has 9 rings (SSSR count). The van der Waals surface area contributed by atoms with Crippen molar-refractivity contribution in [1.82, 2.24) is 4.57 Å². The summed E-state index contributed by atoms with van der Waals surface area (Å²) in [6, 6.07) is 47.3. The predicted molar refractivity (Wildman–Crippen MR) is 171 cm³/mol. The van der Waals surface area contributed by atoms with Gasteiger partial charge in [0, 0.05) is 21.9 Å². The lowest BCUT2D eigenvalue weighted by molar-refractivity contribution is 0.662. The largest absolute Gasteiger partial charge is 0.309 e. The van der Waals surface area contributed by atoms with Gasteiger partial charge in [-0.1, -0.05) is 98.8 Å². The van der Waals surface area contributed by atoms with Gasteiger partial charge in [0.05, 0.1) is 11.0 Å². The van der Waals surface area contributed by atoms with Crippen molar-refractivity contribution in [2.24, 2.45) is 0 Å². The van der Waals surface area contributed by atoms with Crippen LogP contribution in [-0.2, 0) is 5.41 Å². The van der Waals surface area contributed by atoms with Crippen LogP contribution in [0.15, 0.2) is 127 Å². The second kappa shape index (κ2) is 7.61. The summed E-state index contributed by atoms with van der Waals surface area (Å²) in [5.74, 6) is 0. The zero-order chi connectivity index (χ0) is 26.6. The maximum Gasteiger partial charge on any atom is 0.0547 e. The van der Waals surface area contributed by atoms with Gasteiger partial charge in [0.1, 0.15) is 0 Å². The molecule has 1 heterocycles. The van der Waals surface area contributed by atoms with Crippen molar-refractivity contribution in [2.45, 2.75) is 19.3 Å². The molecule has 188 valence electrons. The number of rotatable bonds is 1. The van der Waals surface area contributed by atoms with E-state index < -0.39 is 0 Å². The molecule has 40 heavy (non-hydrogen) atoms. The number of para-hydroxylation sites is 2. The third-order valence-corrected chi connectivity index (χ3v) is 9.35. The molecule has 0 saturated carbocycles. The van der Waals surface area contributed by atoms with Gasteiger partial charge < -0.3 is 4.57 Å². The lowest BCUT2D eigenvalue weighted by atomic mass is 9.81. The Labute approximate surface area is 232 Å². The van der Waals surface area contributed by atoms with Gasteiger partial charge in [-0.2, -0.15) is 0 Å². The zero-order valence-electron chi connectivity index (χ0n) is 22.6. The van der Waals surface area contributed by atoms with Gasteiger partial charge in [-0.3, -0.25) is 0 Å². The first-order valence-corrected chi connectivity index (χ1v) is 14.1. The van der Waals surface area contributed by atoms with Crippen LogP contribution in [-0.4, -0.2) is 4.57 Å². The van der Waals surface area contributed by atoms with E-state index in [1.807, 2.05) is 0 Å². The summed E-state index contributed by atoms with van der Waals surface area (Å²) in [6.45, 7) is 4.80. The number of benzene rings is 7. The highest BCUT2D eigenvalue weighted by Gasteiger charge is 2.37. The van der Waals surface area contributed by atoms with E-state index in [0.29, 0.717) is 0 Å². The monoisotopic (exact) mass is 509 g/mol. The number of aromatic nitrogens is 1. The zero-order valence-corrected chi connectivity index (χ0v) is 22.6. The fourth-order valence-corrected chi connectivity index (χ4v) is 7.45. The second-order valence-corrected chi connectivity index (χ2v) is 11.8. The quantitative estimate of drug-likeness (QED) is 0.194. The standard InChI is InChI=1S/C39H27N/c1-39(2)35-21-31-28-17-9-7-15-26(28)25-14-6-8-16-27(25)30(31)20-32(35)33-23-38-34(22-36(33)39)29-18-10-11-19-37(29)40(38)24-12-4-3-5-13-24/h3-23H,1-2H3. The number of hydrogen-bond acceptors (Lipinski definition) is 0. The normalized spacial score (nSPS) is 13.9. The minimum absolute atomic E-state index is 0.101. The first-order chi connectivity index (χ1) is 19.6. The van der Waals surface area contributed by atoms with Crippen LogP contribution in [0, 0.1) is 0 Å². The highest BCUT2D eigenvalue weighted by atomic mass is 15.0. The number of hydrogen-bond donors (Lipinski definition) is 0. The van der Waals surface area contributed by atoms with E-state index in [2.05, 4.69) is 146 Å². The van der Waals surface area contributed by atoms with E-state index in [1.165, 1.54) is 82.1 Å². The van der Waals surface area contributed by atoms with Gasteiger partial charge in [-0.25, -0.2) is 0 Å². The van der Waals surface area contributed by atoms with Gasteiger partial charge in [0.25, 0.3) is 0 Å². The van der Waals surface area contributed by atoms with E-state index in [0.717, 1.165) is 0 Å². The van der Waals surface area contributed by atoms with Gasteiger partial charge in [-0.15, -0.1) is 0 Å². The summed E-state index contributed by atoms with van der Waals surface area (Å²) < 4.78 is 2.43. The first kappa shape index (κ1) is 22.0. The van der Waals surface area contributed by atoms with Gasteiger partial charge in [0.2, 0.25) is 0 Å². The summed E-state index contributed by atoms with van der Waals surface area (Å²) in [5, 5.41) is 10.6. The Kier molecular flexibility index (Phi) is 4.18. The summed E-state index contributed by atoms with van der Waals surface area (Å²) in [7, 11) is 0. The Bertz CT molecular complexity index is 2330. The van der Waals surface area contributed by atoms with Crippen molar-refractivity contribution < 1.29 is 0 Å². The lowest BCUT2D eigenvalue weighted by Crippen LogP contribution is -2.15. The molecule has 0 aliphatic heterocycles. The molecular formula is C39H27N. The second-order valence-electron chi connectivity index (χ2n) is 11.8. The molecule has 1 aliphatic rings. The summed E-state index contributed by atoms with van der Waals surface area (Å²) in [5.41, 5.74) is 9.15. The van der Waals surface area contributed by atoms with Crippen LogP contribution >= 0.6 is 0 Å². The van der Waals surface area contributed by atoms with Crippen molar-refractivity contribution in [2.75, 3.05) is 0 Å². The van der Waals surface area contributed by atoms with E-state index >= 15 is 0 Å². The summed E-state index contributed by atoms with van der Waals surface area (Å²) >= 11 is 0. The summed E-state index contributed by atoms with van der Waals surface area (Å²) in [4.78, 5) is 0. The molecule has 1 nitrogen and oxygen atoms in total. The van der Waals surface area contributed by atoms with E-state index in [-0.39, 0.29) is 5.41 Å². The molecule has 0 amide bonds. The fraction of sp³-hybridized carbons (Fsp3) is 0.0769. The molecule has 1 heteroatoms. The molecule has 0 bridgehead atoms. The maximum absolute atomic E-state index is 2.49. The Morgan fingerprint density at radius 3 is 1.52 bits per heavy atom. The lowest BCUT2D eigenvalue weighted by Gasteiger charge is -2.22. The molecule has 0 atom stereocenters. The van der Waals surface area contributed by atoms with Crippen molar-refractivity contribution in [3.63, 3.8) is 0 Å². The van der Waals surface area contributed by atoms with Crippen LogP contribution in [0.25, 0.3) is 70.9 Å². The highest BCUT2D eigenvalue weighted by molar-refractivity contribution is 6.26. The molecule has 0 fully saturated rings. The SMILES string of the molecule is CC1(C)c2cc3c4ccccc4c4ccccc4c3cc2-c2cc3c(cc21)c1ccccc1n3-c1ccccc1. The van der Waals surface area contributed by atoms with Crippen molar-refractivity contribution in [1.29, 1.82) is 0 Å². The molecular weight excluding hydrogens is 482 g/mol. The van der Waals surface area contributed by atoms with Gasteiger partial charge in [-0.05, 0) is 97.0 Å². The Balaban J connectivity index is 1.44. The van der Waals surface area contributed by atoms with E-state index in [4.69, 9.17) is 0 Å². The number of fused-ring (bicyclic) bond motifs is 12. The molecule has 0 radical (unpaired) electrons. The average molecular weight is 510 g/mol. The molecule has 7 aromatic carbocycles. The molecule has 1 aromatic heterocycles. The Hall–Kier alpha value is -4.88. The van der Waals surface area contributed by atoms with Crippen molar-refractivity contribution in [3.8, 4) is 16.8 Å². The third kappa shape index (κ3) is 2.72. The van der Waals surface area contributed by atoms with Crippen LogP contribution in [0.2, 0.25) is 0 Å². The van der Waals surface area contributed by atoms with Crippen LogP contribution < -0.4 is 0 Å². The molecule has 8 aromatic rings. The average Bonchev–Trinajstić information content (AvgIpc) is 3.44. The van der Waals surface area contributed by atoms with Gasteiger partial charge in [0.15, 0.2) is 0 Å². The molecule has 0 saturated heterocycles. The molecule has 0 unspecified atom stereocenters. The highest BCUT2D eigenvalue weighted by Crippen LogP contribution is 2.53. The Morgan fingerprint density at radius 1 is 0.400 bits per heavy atom. The van der Waals surface area contributed by atoms with Crippen molar-refractivity contribution >= 4 is 54.1 Å². The Morgan fingerprint density at radius 2 is 0.875 bits per heavy atom. The first-order valence-electron chi connectivity index (χ1n) is 14.1. The van der Waals surface area contributed by atoms with E-state index in [9.17, 15) is 0 Å². The minimum Gasteiger partial charge on any atom is -0.309 e. The van der Waals surface area contributed by atoms with Crippen molar-refractivity contribution in [3.05, 3.63) is 139 Å². The predicted octanol–water partition coefficient (Wildman–Crippen LogP) is 10.5. The maximum atomic E-state index is 2.49. The minimum atomic E-state index is -0.101. The topological polar surface area (TPSA) is 4.93 Å². The third-order valence-electron chi connectivity index (χ3n) is 9.35. The molecule has 0 spiro atoms. The number of nitrogens with zero attached hydrogens (tertiary/aromatic N) is 1. The fourth-order valence-electron chi connectivity index (χ4n) is 7.45. The van der Waals surface area contributed by atoms with Gasteiger partial charge >= 0.3 is 0 Å². The van der Waals surface area contributed by atoms with Crippen LogP contribution in [0.5, 0.6) is 0 Å². The van der Waals surface area contributed by atoms with Crippen LogP contribution in [0.4, 0.5) is 0 Å².